The van der Waals surface area contributed by atoms with Crippen molar-refractivity contribution in [1.82, 2.24) is 5.32 Å². The van der Waals surface area contributed by atoms with Crippen molar-refractivity contribution in [3.8, 4) is 0 Å². The molecule has 16 heavy (non-hydrogen) atoms. The maximum Gasteiger partial charge on any atom is 0.251 e. The van der Waals surface area contributed by atoms with Gasteiger partial charge in [0.25, 0.3) is 5.91 Å². The molecule has 3 N–H and O–H groups in total. The molecule has 1 aromatic carbocycles. The van der Waals surface area contributed by atoms with E-state index in [1.54, 1.807) is 24.3 Å². The Kier molecular flexibility index (Phi) is 3.41. The Morgan fingerprint density at radius 3 is 2.81 bits per heavy atom. The third-order valence-corrected chi connectivity index (χ3v) is 2.69. The van der Waals surface area contributed by atoms with E-state index >= 15 is 0 Å². The van der Waals surface area contributed by atoms with Crippen molar-refractivity contribution in [3.05, 3.63) is 29.8 Å². The zero-order chi connectivity index (χ0) is 11.4. The van der Waals surface area contributed by atoms with Crippen LogP contribution in [0.1, 0.15) is 23.2 Å². The van der Waals surface area contributed by atoms with Gasteiger partial charge >= 0.3 is 0 Å². The normalized spacial score (nSPS) is 19.6. The highest BCUT2D eigenvalue weighted by Gasteiger charge is 2.16. The van der Waals surface area contributed by atoms with Crippen LogP contribution in [0.2, 0.25) is 0 Å². The number of hydrogen-bond acceptors (Lipinski definition) is 3. The molecule has 1 heterocycles. The molecule has 1 amide bonds. The number of nitrogen functional groups attached to an aromatic ring is 1. The summed E-state index contributed by atoms with van der Waals surface area (Å²) in [6.45, 7) is 1.39. The summed E-state index contributed by atoms with van der Waals surface area (Å²) in [6, 6.07) is 6.89. The number of amides is 1. The van der Waals surface area contributed by atoms with Crippen LogP contribution in [0, 0.1) is 0 Å². The predicted octanol–water partition coefficient (Wildman–Crippen LogP) is 1.18. The highest BCUT2D eigenvalue weighted by atomic mass is 16.5. The molecule has 1 unspecified atom stereocenters. The van der Waals surface area contributed by atoms with Crippen LogP contribution in [0.3, 0.4) is 0 Å². The summed E-state index contributed by atoms with van der Waals surface area (Å²) in [6.07, 6.45) is 2.29. The van der Waals surface area contributed by atoms with Gasteiger partial charge in [0.1, 0.15) is 0 Å². The van der Waals surface area contributed by atoms with Gasteiger partial charge in [0.15, 0.2) is 0 Å². The molecule has 0 bridgehead atoms. The van der Waals surface area contributed by atoms with Crippen LogP contribution >= 0.6 is 0 Å². The molecular formula is C12H16N2O2. The molecule has 1 aliphatic rings. The molecule has 1 saturated heterocycles. The molecular weight excluding hydrogens is 204 g/mol. The summed E-state index contributed by atoms with van der Waals surface area (Å²) in [7, 11) is 0. The Morgan fingerprint density at radius 1 is 1.44 bits per heavy atom. The molecule has 0 aliphatic carbocycles. The standard InChI is InChI=1S/C12H16N2O2/c13-10-5-3-9(4-6-10)12(15)14-8-11-2-1-7-16-11/h3-6,11H,1-2,7-8,13H2,(H,14,15). The van der Waals surface area contributed by atoms with Crippen LogP contribution in [-0.4, -0.2) is 25.2 Å². The fourth-order valence-corrected chi connectivity index (χ4v) is 1.75. The van der Waals surface area contributed by atoms with Crippen molar-refractivity contribution in [2.75, 3.05) is 18.9 Å². The lowest BCUT2D eigenvalue weighted by molar-refractivity contribution is 0.0858. The minimum Gasteiger partial charge on any atom is -0.399 e. The van der Waals surface area contributed by atoms with Crippen molar-refractivity contribution in [2.45, 2.75) is 18.9 Å². The van der Waals surface area contributed by atoms with Gasteiger partial charge in [-0.3, -0.25) is 4.79 Å². The molecule has 2 rings (SSSR count). The molecule has 1 aromatic rings. The molecule has 0 radical (unpaired) electrons. The van der Waals surface area contributed by atoms with Gasteiger partial charge in [-0.05, 0) is 37.1 Å². The molecule has 86 valence electrons. The first-order chi connectivity index (χ1) is 7.75. The first-order valence-electron chi connectivity index (χ1n) is 5.51. The van der Waals surface area contributed by atoms with E-state index in [4.69, 9.17) is 10.5 Å². The Hall–Kier alpha value is -1.55. The van der Waals surface area contributed by atoms with Crippen molar-refractivity contribution in [1.29, 1.82) is 0 Å². The number of benzene rings is 1. The number of carbonyl (C=O) groups excluding carboxylic acids is 1. The molecule has 1 aliphatic heterocycles. The molecule has 1 atom stereocenters. The second-order valence-electron chi connectivity index (χ2n) is 3.97. The van der Waals surface area contributed by atoms with Crippen LogP contribution in [0.25, 0.3) is 0 Å². The van der Waals surface area contributed by atoms with Crippen molar-refractivity contribution in [3.63, 3.8) is 0 Å². The van der Waals surface area contributed by atoms with Crippen LogP contribution < -0.4 is 11.1 Å². The zero-order valence-corrected chi connectivity index (χ0v) is 9.11. The van der Waals surface area contributed by atoms with Gasteiger partial charge < -0.3 is 15.8 Å². The molecule has 4 heteroatoms. The molecule has 0 spiro atoms. The third-order valence-electron chi connectivity index (χ3n) is 2.69. The first-order valence-corrected chi connectivity index (χ1v) is 5.51. The van der Waals surface area contributed by atoms with Gasteiger partial charge in [-0.1, -0.05) is 0 Å². The number of nitrogens with two attached hydrogens (primary N) is 1. The molecule has 0 saturated carbocycles. The largest absolute Gasteiger partial charge is 0.399 e. The summed E-state index contributed by atoms with van der Waals surface area (Å²) in [4.78, 5) is 11.7. The van der Waals surface area contributed by atoms with Crippen molar-refractivity contribution >= 4 is 11.6 Å². The van der Waals surface area contributed by atoms with E-state index in [-0.39, 0.29) is 12.0 Å². The van der Waals surface area contributed by atoms with E-state index in [1.165, 1.54) is 0 Å². The average molecular weight is 220 g/mol. The molecule has 1 fully saturated rings. The number of carbonyl (C=O) groups is 1. The van der Waals surface area contributed by atoms with E-state index in [1.807, 2.05) is 0 Å². The highest BCUT2D eigenvalue weighted by molar-refractivity contribution is 5.94. The van der Waals surface area contributed by atoms with Crippen LogP contribution in [0.5, 0.6) is 0 Å². The number of rotatable bonds is 3. The lowest BCUT2D eigenvalue weighted by atomic mass is 10.2. The van der Waals surface area contributed by atoms with E-state index in [2.05, 4.69) is 5.32 Å². The van der Waals surface area contributed by atoms with Gasteiger partial charge in [0, 0.05) is 24.4 Å². The Labute approximate surface area is 94.8 Å². The zero-order valence-electron chi connectivity index (χ0n) is 9.11. The quantitative estimate of drug-likeness (QED) is 0.752. The minimum absolute atomic E-state index is 0.0736. The highest BCUT2D eigenvalue weighted by Crippen LogP contribution is 2.11. The van der Waals surface area contributed by atoms with E-state index < -0.39 is 0 Å². The number of ether oxygens (including phenoxy) is 1. The van der Waals surface area contributed by atoms with Crippen LogP contribution in [0.15, 0.2) is 24.3 Å². The second-order valence-corrected chi connectivity index (χ2v) is 3.97. The first kappa shape index (κ1) is 11.0. The van der Waals surface area contributed by atoms with E-state index in [9.17, 15) is 4.79 Å². The van der Waals surface area contributed by atoms with Gasteiger partial charge in [-0.2, -0.15) is 0 Å². The van der Waals surface area contributed by atoms with Gasteiger partial charge in [0.2, 0.25) is 0 Å². The summed E-state index contributed by atoms with van der Waals surface area (Å²) >= 11 is 0. The van der Waals surface area contributed by atoms with Gasteiger partial charge in [-0.15, -0.1) is 0 Å². The monoisotopic (exact) mass is 220 g/mol. The van der Waals surface area contributed by atoms with E-state index in [0.29, 0.717) is 17.8 Å². The Morgan fingerprint density at radius 2 is 2.19 bits per heavy atom. The summed E-state index contributed by atoms with van der Waals surface area (Å²) in [5, 5.41) is 2.86. The average Bonchev–Trinajstić information content (AvgIpc) is 2.80. The molecule has 0 aromatic heterocycles. The maximum absolute atomic E-state index is 11.7. The lowest BCUT2D eigenvalue weighted by Crippen LogP contribution is -2.31. The summed E-state index contributed by atoms with van der Waals surface area (Å²) < 4.78 is 5.42. The lowest BCUT2D eigenvalue weighted by Gasteiger charge is -2.10. The van der Waals surface area contributed by atoms with Crippen molar-refractivity contribution in [2.24, 2.45) is 0 Å². The Balaban J connectivity index is 1.85. The van der Waals surface area contributed by atoms with Gasteiger partial charge in [0.05, 0.1) is 6.10 Å². The number of anilines is 1. The fraction of sp³-hybridized carbons (Fsp3) is 0.417. The van der Waals surface area contributed by atoms with E-state index in [0.717, 1.165) is 19.4 Å². The second kappa shape index (κ2) is 4.99. The maximum atomic E-state index is 11.7. The minimum atomic E-state index is -0.0736. The number of hydrogen-bond donors (Lipinski definition) is 2. The van der Waals surface area contributed by atoms with Crippen LogP contribution in [-0.2, 0) is 4.74 Å². The molecule has 4 nitrogen and oxygen atoms in total. The Bertz CT molecular complexity index is 356. The SMILES string of the molecule is Nc1ccc(C(=O)NCC2CCCO2)cc1. The third kappa shape index (κ3) is 2.73. The van der Waals surface area contributed by atoms with Crippen molar-refractivity contribution < 1.29 is 9.53 Å². The summed E-state index contributed by atoms with van der Waals surface area (Å²) in [5.74, 6) is -0.0736. The predicted molar refractivity (Wildman–Crippen MR) is 62.2 cm³/mol. The number of nitrogens with one attached hydrogen (secondary N) is 1. The smallest absolute Gasteiger partial charge is 0.251 e. The fourth-order valence-electron chi connectivity index (χ4n) is 1.75. The van der Waals surface area contributed by atoms with Gasteiger partial charge in [-0.25, -0.2) is 0 Å². The topological polar surface area (TPSA) is 64.4 Å². The summed E-state index contributed by atoms with van der Waals surface area (Å²) in [5.41, 5.74) is 6.84. The van der Waals surface area contributed by atoms with Crippen LogP contribution in [0.4, 0.5) is 5.69 Å².